The van der Waals surface area contributed by atoms with Crippen LogP contribution >= 0.6 is 15.9 Å². The number of aromatic hydroxyl groups is 2. The summed E-state index contributed by atoms with van der Waals surface area (Å²) in [5.41, 5.74) is 2.02. The number of phenols is 2. The van der Waals surface area contributed by atoms with Gasteiger partial charge in [-0.2, -0.15) is 5.11 Å². The van der Waals surface area contributed by atoms with Crippen molar-refractivity contribution < 1.29 is 10.2 Å². The van der Waals surface area contributed by atoms with Crippen LogP contribution in [-0.4, -0.2) is 10.2 Å². The first-order valence-electron chi connectivity index (χ1n) is 7.17. The van der Waals surface area contributed by atoms with Gasteiger partial charge < -0.3 is 15.5 Å². The number of nitrogens with one attached hydrogen (secondary N) is 1. The Hall–Kier alpha value is -2.86. The van der Waals surface area contributed by atoms with Crippen molar-refractivity contribution in [1.29, 1.82) is 0 Å². The van der Waals surface area contributed by atoms with E-state index in [9.17, 15) is 10.2 Å². The molecule has 0 amide bonds. The predicted octanol–water partition coefficient (Wildman–Crippen LogP) is 6.02. The number of phenolic OH excluding ortho intramolecular Hbond substituents is 2. The molecule has 3 N–H and O–H groups in total. The van der Waals surface area contributed by atoms with Crippen molar-refractivity contribution in [1.82, 2.24) is 0 Å². The molecular weight excluding hydrogens is 370 g/mol. The normalized spacial score (nSPS) is 10.9. The van der Waals surface area contributed by atoms with E-state index in [0.29, 0.717) is 11.4 Å². The topological polar surface area (TPSA) is 77.2 Å². The number of hydrogen-bond acceptors (Lipinski definition) is 5. The minimum absolute atomic E-state index is 0.0265. The van der Waals surface area contributed by atoms with Gasteiger partial charge in [0.2, 0.25) is 0 Å². The number of benzene rings is 3. The summed E-state index contributed by atoms with van der Waals surface area (Å²) in [4.78, 5) is 0. The van der Waals surface area contributed by atoms with Gasteiger partial charge in [-0.1, -0.05) is 34.1 Å². The molecule has 0 aliphatic heterocycles. The summed E-state index contributed by atoms with van der Waals surface area (Å²) in [5, 5.41) is 31.3. The van der Waals surface area contributed by atoms with E-state index in [0.717, 1.165) is 10.2 Å². The largest absolute Gasteiger partial charge is 0.506 e. The summed E-state index contributed by atoms with van der Waals surface area (Å²) < 4.78 is 0.943. The molecule has 120 valence electrons. The van der Waals surface area contributed by atoms with Gasteiger partial charge in [-0.15, -0.1) is 5.11 Å². The van der Waals surface area contributed by atoms with Crippen LogP contribution in [-0.2, 0) is 0 Å². The number of halogens is 1. The first-order valence-corrected chi connectivity index (χ1v) is 7.96. The van der Waals surface area contributed by atoms with Crippen molar-refractivity contribution in [2.45, 2.75) is 0 Å². The van der Waals surface area contributed by atoms with E-state index in [1.54, 1.807) is 12.1 Å². The van der Waals surface area contributed by atoms with Gasteiger partial charge in [-0.25, -0.2) is 0 Å². The van der Waals surface area contributed by atoms with Gasteiger partial charge in [0, 0.05) is 22.3 Å². The van der Waals surface area contributed by atoms with Crippen LogP contribution in [0.2, 0.25) is 0 Å². The molecule has 6 heteroatoms. The minimum Gasteiger partial charge on any atom is -0.506 e. The van der Waals surface area contributed by atoms with Gasteiger partial charge in [-0.05, 0) is 36.4 Å². The predicted molar refractivity (Wildman–Crippen MR) is 97.8 cm³/mol. The first-order chi connectivity index (χ1) is 11.6. The third kappa shape index (κ3) is 3.91. The van der Waals surface area contributed by atoms with Gasteiger partial charge in [0.1, 0.15) is 17.2 Å². The first kappa shape index (κ1) is 16.0. The molecule has 0 aliphatic carbocycles. The maximum absolute atomic E-state index is 10.1. The molecule has 0 fully saturated rings. The third-order valence-electron chi connectivity index (χ3n) is 3.25. The monoisotopic (exact) mass is 383 g/mol. The zero-order valence-electron chi connectivity index (χ0n) is 12.5. The molecule has 0 spiro atoms. The van der Waals surface area contributed by atoms with Crippen molar-refractivity contribution in [3.63, 3.8) is 0 Å². The second-order valence-electron chi connectivity index (χ2n) is 5.03. The van der Waals surface area contributed by atoms with Crippen LogP contribution in [0.25, 0.3) is 0 Å². The van der Waals surface area contributed by atoms with Crippen LogP contribution in [0.15, 0.2) is 81.4 Å². The Labute approximate surface area is 147 Å². The minimum atomic E-state index is -0.0768. The van der Waals surface area contributed by atoms with E-state index in [-0.39, 0.29) is 17.2 Å². The number of anilines is 2. The van der Waals surface area contributed by atoms with Crippen molar-refractivity contribution in [2.24, 2.45) is 10.2 Å². The SMILES string of the molecule is Oc1cc(Nc2ccccc2)c(O)cc1N=Nc1ccc(Br)cc1. The summed E-state index contributed by atoms with van der Waals surface area (Å²) >= 11 is 3.35. The lowest BCUT2D eigenvalue weighted by atomic mass is 10.2. The van der Waals surface area contributed by atoms with E-state index in [1.165, 1.54) is 12.1 Å². The molecule has 5 nitrogen and oxygen atoms in total. The maximum Gasteiger partial charge on any atom is 0.145 e. The average Bonchev–Trinajstić information content (AvgIpc) is 2.59. The Kier molecular flexibility index (Phi) is 4.77. The molecule has 0 atom stereocenters. The van der Waals surface area contributed by atoms with Crippen molar-refractivity contribution in [3.05, 3.63) is 71.2 Å². The summed E-state index contributed by atoms with van der Waals surface area (Å²) in [5.74, 6) is -0.103. The average molecular weight is 384 g/mol. The molecule has 0 aromatic heterocycles. The van der Waals surface area contributed by atoms with Gasteiger partial charge in [0.05, 0.1) is 11.4 Å². The number of para-hydroxylation sites is 1. The highest BCUT2D eigenvalue weighted by atomic mass is 79.9. The van der Waals surface area contributed by atoms with E-state index in [2.05, 4.69) is 31.5 Å². The fourth-order valence-corrected chi connectivity index (χ4v) is 2.31. The lowest BCUT2D eigenvalue weighted by Crippen LogP contribution is -1.90. The maximum atomic E-state index is 10.1. The third-order valence-corrected chi connectivity index (χ3v) is 3.77. The van der Waals surface area contributed by atoms with Crippen molar-refractivity contribution in [2.75, 3.05) is 5.32 Å². The highest BCUT2D eigenvalue weighted by Gasteiger charge is 2.09. The van der Waals surface area contributed by atoms with Crippen molar-refractivity contribution >= 4 is 38.7 Å². The zero-order valence-corrected chi connectivity index (χ0v) is 14.1. The van der Waals surface area contributed by atoms with Gasteiger partial charge in [-0.3, -0.25) is 0 Å². The highest BCUT2D eigenvalue weighted by molar-refractivity contribution is 9.10. The molecule has 0 unspecified atom stereocenters. The quantitative estimate of drug-likeness (QED) is 0.292. The zero-order chi connectivity index (χ0) is 16.9. The number of nitrogens with zero attached hydrogens (tertiary/aromatic N) is 2. The van der Waals surface area contributed by atoms with Gasteiger partial charge in [0.25, 0.3) is 0 Å². The van der Waals surface area contributed by atoms with E-state index >= 15 is 0 Å². The van der Waals surface area contributed by atoms with E-state index < -0.39 is 0 Å². The van der Waals surface area contributed by atoms with Gasteiger partial charge in [0.15, 0.2) is 0 Å². The smallest absolute Gasteiger partial charge is 0.145 e. The second-order valence-corrected chi connectivity index (χ2v) is 5.94. The van der Waals surface area contributed by atoms with Crippen LogP contribution in [0, 0.1) is 0 Å². The molecule has 3 aromatic carbocycles. The number of rotatable bonds is 4. The standard InChI is InChI=1S/C18H14BrN3O2/c19-12-6-8-14(9-7-12)21-22-16-11-17(23)15(10-18(16)24)20-13-4-2-1-3-5-13/h1-11,20,23-24H. The van der Waals surface area contributed by atoms with Crippen LogP contribution in [0.3, 0.4) is 0 Å². The molecule has 0 aliphatic rings. The molecule has 0 saturated heterocycles. The number of azo groups is 1. The molecule has 24 heavy (non-hydrogen) atoms. The summed E-state index contributed by atoms with van der Waals surface area (Å²) in [7, 11) is 0. The molecular formula is C18H14BrN3O2. The van der Waals surface area contributed by atoms with E-state index in [1.807, 2.05) is 42.5 Å². The Morgan fingerprint density at radius 3 is 2.21 bits per heavy atom. The fraction of sp³-hybridized carbons (Fsp3) is 0. The Bertz CT molecular complexity index is 865. The van der Waals surface area contributed by atoms with Crippen LogP contribution < -0.4 is 5.32 Å². The summed E-state index contributed by atoms with van der Waals surface area (Å²) in [6.45, 7) is 0. The second kappa shape index (κ2) is 7.14. The highest BCUT2D eigenvalue weighted by Crippen LogP contribution is 2.38. The fourth-order valence-electron chi connectivity index (χ4n) is 2.04. The molecule has 0 saturated carbocycles. The molecule has 0 bridgehead atoms. The summed E-state index contributed by atoms with van der Waals surface area (Å²) in [6, 6.07) is 19.4. The Morgan fingerprint density at radius 2 is 1.50 bits per heavy atom. The lowest BCUT2D eigenvalue weighted by Gasteiger charge is -2.10. The van der Waals surface area contributed by atoms with E-state index in [4.69, 9.17) is 0 Å². The Morgan fingerprint density at radius 1 is 0.792 bits per heavy atom. The molecule has 3 aromatic rings. The molecule has 0 radical (unpaired) electrons. The van der Waals surface area contributed by atoms with Crippen molar-refractivity contribution in [3.8, 4) is 11.5 Å². The van der Waals surface area contributed by atoms with Crippen LogP contribution in [0.1, 0.15) is 0 Å². The molecule has 0 heterocycles. The molecule has 3 rings (SSSR count). The van der Waals surface area contributed by atoms with Crippen LogP contribution in [0.5, 0.6) is 11.5 Å². The van der Waals surface area contributed by atoms with Crippen LogP contribution in [0.4, 0.5) is 22.7 Å². The Balaban J connectivity index is 1.83. The number of hydrogen-bond donors (Lipinski definition) is 3. The summed E-state index contributed by atoms with van der Waals surface area (Å²) in [6.07, 6.45) is 0. The van der Waals surface area contributed by atoms with Gasteiger partial charge >= 0.3 is 0 Å². The lowest BCUT2D eigenvalue weighted by molar-refractivity contribution is 0.463.